The maximum absolute atomic E-state index is 12.7. The van der Waals surface area contributed by atoms with Gasteiger partial charge in [0.05, 0.1) is 40.3 Å². The van der Waals surface area contributed by atoms with E-state index in [4.69, 9.17) is 14.2 Å². The van der Waals surface area contributed by atoms with Crippen LogP contribution in [0, 0.1) is 0 Å². The molecule has 0 saturated heterocycles. The predicted octanol–water partition coefficient (Wildman–Crippen LogP) is 9.91. The van der Waals surface area contributed by atoms with E-state index in [1.807, 2.05) is 6.08 Å². The molecular weight excluding hydrogens is 666 g/mol. The highest BCUT2D eigenvalue weighted by atomic mass is 16.6. The zero-order valence-corrected chi connectivity index (χ0v) is 34.7. The number of ether oxygens (including phenoxy) is 3. The van der Waals surface area contributed by atoms with Gasteiger partial charge in [-0.05, 0) is 57.8 Å². The Morgan fingerprint density at radius 2 is 1.08 bits per heavy atom. The summed E-state index contributed by atoms with van der Waals surface area (Å²) in [6, 6.07) is -0.730. The third-order valence-electron chi connectivity index (χ3n) is 9.26. The number of aliphatic carboxylic acids is 1. The number of carbonyl (C=O) groups excluding carboxylic acids is 3. The Hall–Kier alpha value is -2.71. The van der Waals surface area contributed by atoms with Crippen molar-refractivity contribution in [3.63, 3.8) is 0 Å². The lowest BCUT2D eigenvalue weighted by Crippen LogP contribution is -2.55. The van der Waals surface area contributed by atoms with Gasteiger partial charge in [-0.25, -0.2) is 0 Å². The fourth-order valence-corrected chi connectivity index (χ4v) is 5.95. The second-order valence-corrected chi connectivity index (χ2v) is 15.3. The van der Waals surface area contributed by atoms with E-state index in [2.05, 4.69) is 56.4 Å². The summed E-state index contributed by atoms with van der Waals surface area (Å²) in [5.41, 5.74) is 0. The van der Waals surface area contributed by atoms with E-state index >= 15 is 0 Å². The number of unbranched alkanes of at least 4 members (excludes halogenated alkanes) is 17. The molecule has 53 heavy (non-hydrogen) atoms. The molecule has 0 N–H and O–H groups in total. The number of quaternary nitrogens is 1. The molecule has 0 saturated carbocycles. The highest BCUT2D eigenvalue weighted by molar-refractivity contribution is 5.70. The number of carboxylic acids is 1. The largest absolute Gasteiger partial charge is 0.544 e. The number of rotatable bonds is 37. The van der Waals surface area contributed by atoms with E-state index in [0.717, 1.165) is 77.0 Å². The lowest BCUT2D eigenvalue weighted by atomic mass is 10.1. The minimum Gasteiger partial charge on any atom is -0.544 e. The zero-order chi connectivity index (χ0) is 39.3. The third kappa shape index (κ3) is 34.8. The summed E-state index contributed by atoms with van der Waals surface area (Å²) in [5, 5.41) is 11.6. The van der Waals surface area contributed by atoms with Crippen LogP contribution in [0.2, 0.25) is 0 Å². The molecule has 0 bridgehead atoms. The van der Waals surface area contributed by atoms with E-state index in [0.29, 0.717) is 12.8 Å². The molecule has 0 amide bonds. The number of carbonyl (C=O) groups is 3. The van der Waals surface area contributed by atoms with Crippen molar-refractivity contribution in [2.24, 2.45) is 0 Å². The molecule has 0 rings (SSSR count). The number of allylic oxidation sites excluding steroid dienone is 8. The van der Waals surface area contributed by atoms with Crippen LogP contribution >= 0.6 is 0 Å². The van der Waals surface area contributed by atoms with Gasteiger partial charge in [0.1, 0.15) is 12.6 Å². The summed E-state index contributed by atoms with van der Waals surface area (Å²) in [4.78, 5) is 36.8. The normalized spacial score (nSPS) is 13.5. The van der Waals surface area contributed by atoms with Crippen LogP contribution in [0.1, 0.15) is 168 Å². The smallest absolute Gasteiger partial charge is 0.306 e. The Balaban J connectivity index is 4.41. The number of carboxylic acid groups (broad SMARTS) is 1. The van der Waals surface area contributed by atoms with Gasteiger partial charge in [-0.2, -0.15) is 0 Å². The fourth-order valence-electron chi connectivity index (χ4n) is 5.95. The summed E-state index contributed by atoms with van der Waals surface area (Å²) in [5.74, 6) is -1.78. The second kappa shape index (κ2) is 36.3. The van der Waals surface area contributed by atoms with Crippen molar-refractivity contribution < 1.29 is 38.2 Å². The van der Waals surface area contributed by atoms with E-state index in [-0.39, 0.29) is 42.7 Å². The summed E-state index contributed by atoms with van der Waals surface area (Å²) in [6.45, 7) is 4.49. The molecule has 0 aromatic rings. The molecule has 0 heterocycles. The average molecular weight is 746 g/mol. The maximum Gasteiger partial charge on any atom is 0.306 e. The van der Waals surface area contributed by atoms with Gasteiger partial charge >= 0.3 is 11.9 Å². The van der Waals surface area contributed by atoms with Gasteiger partial charge in [-0.1, -0.05) is 140 Å². The van der Waals surface area contributed by atoms with Crippen molar-refractivity contribution in [3.8, 4) is 0 Å². The van der Waals surface area contributed by atoms with Crippen LogP contribution in [0.4, 0.5) is 0 Å². The summed E-state index contributed by atoms with van der Waals surface area (Å²) in [7, 11) is 5.39. The molecule has 0 aliphatic heterocycles. The summed E-state index contributed by atoms with van der Waals surface area (Å²) >= 11 is 0. The van der Waals surface area contributed by atoms with Crippen LogP contribution < -0.4 is 5.11 Å². The van der Waals surface area contributed by atoms with Crippen LogP contribution in [0.25, 0.3) is 0 Å². The molecule has 0 radical (unpaired) electrons. The van der Waals surface area contributed by atoms with Crippen LogP contribution in [0.3, 0.4) is 0 Å². The minimum absolute atomic E-state index is 0.0298. The van der Waals surface area contributed by atoms with Crippen molar-refractivity contribution in [3.05, 3.63) is 48.6 Å². The van der Waals surface area contributed by atoms with Gasteiger partial charge in [-0.3, -0.25) is 9.59 Å². The highest BCUT2D eigenvalue weighted by Gasteiger charge is 2.25. The zero-order valence-electron chi connectivity index (χ0n) is 34.7. The Bertz CT molecular complexity index is 1010. The van der Waals surface area contributed by atoms with E-state index in [9.17, 15) is 19.5 Å². The highest BCUT2D eigenvalue weighted by Crippen LogP contribution is 2.13. The first-order valence-corrected chi connectivity index (χ1v) is 21.2. The first-order valence-electron chi connectivity index (χ1n) is 21.2. The molecule has 0 fully saturated rings. The van der Waals surface area contributed by atoms with Crippen molar-refractivity contribution in [2.45, 2.75) is 180 Å². The van der Waals surface area contributed by atoms with Gasteiger partial charge in [0, 0.05) is 19.3 Å². The number of likely N-dealkylation sites (N-methyl/N-ethyl adjacent to an activating group) is 1. The van der Waals surface area contributed by atoms with E-state index < -0.39 is 18.1 Å². The van der Waals surface area contributed by atoms with Gasteiger partial charge in [0.15, 0.2) is 6.10 Å². The van der Waals surface area contributed by atoms with E-state index in [1.165, 1.54) is 57.8 Å². The first kappa shape index (κ1) is 50.3. The second-order valence-electron chi connectivity index (χ2n) is 15.3. The first-order chi connectivity index (χ1) is 25.6. The Labute approximate surface area is 325 Å². The average Bonchev–Trinajstić information content (AvgIpc) is 3.11. The molecule has 0 spiro atoms. The molecule has 2 atom stereocenters. The van der Waals surface area contributed by atoms with Gasteiger partial charge in [0.2, 0.25) is 0 Å². The molecule has 0 aromatic heterocycles. The Morgan fingerprint density at radius 3 is 1.60 bits per heavy atom. The number of nitrogens with zero attached hydrogens (tertiary/aromatic N) is 1. The maximum atomic E-state index is 12.7. The molecule has 2 unspecified atom stereocenters. The monoisotopic (exact) mass is 746 g/mol. The third-order valence-corrected chi connectivity index (χ3v) is 9.26. The predicted molar refractivity (Wildman–Crippen MR) is 217 cm³/mol. The summed E-state index contributed by atoms with van der Waals surface area (Å²) < 4.78 is 17.1. The van der Waals surface area contributed by atoms with Crippen molar-refractivity contribution in [2.75, 3.05) is 41.0 Å². The molecule has 8 heteroatoms. The van der Waals surface area contributed by atoms with Crippen molar-refractivity contribution in [1.82, 2.24) is 0 Å². The van der Waals surface area contributed by atoms with Gasteiger partial charge in [0.25, 0.3) is 0 Å². The summed E-state index contributed by atoms with van der Waals surface area (Å²) in [6.07, 6.45) is 41.3. The topological polar surface area (TPSA) is 102 Å². The lowest BCUT2D eigenvalue weighted by molar-refractivity contribution is -0.889. The standard InChI is InChI=1S/C45H79NO7/c1-6-8-10-12-14-16-18-20-21-22-24-26-28-30-32-34-36-44(48)53-41(39-51-38-37-42(45(49)50)46(3,4)5)40-52-43(47)35-33-31-29-27-25-23-19-17-15-13-11-9-7-2/h9,11,13,15,17,19,21-22,41-42H,6-8,10,12,14,16,18,20,23-40H2,1-5H3/b11-9+,15-13+,19-17+,22-21+. The molecular formula is C45H79NO7. The number of esters is 2. The molecule has 0 aromatic carbocycles. The van der Waals surface area contributed by atoms with Crippen LogP contribution in [-0.2, 0) is 28.6 Å². The minimum atomic E-state index is -1.13. The Morgan fingerprint density at radius 1 is 0.585 bits per heavy atom. The number of hydrogen-bond acceptors (Lipinski definition) is 7. The molecule has 0 aliphatic carbocycles. The van der Waals surface area contributed by atoms with E-state index in [1.54, 1.807) is 21.1 Å². The lowest BCUT2D eigenvalue weighted by Gasteiger charge is -2.34. The van der Waals surface area contributed by atoms with Crippen molar-refractivity contribution in [1.29, 1.82) is 0 Å². The quantitative estimate of drug-likeness (QED) is 0.0205. The van der Waals surface area contributed by atoms with Gasteiger partial charge < -0.3 is 28.6 Å². The molecule has 306 valence electrons. The van der Waals surface area contributed by atoms with Crippen LogP contribution in [0.15, 0.2) is 48.6 Å². The van der Waals surface area contributed by atoms with Crippen LogP contribution in [0.5, 0.6) is 0 Å². The van der Waals surface area contributed by atoms with Gasteiger partial charge in [-0.15, -0.1) is 0 Å². The number of hydrogen-bond donors (Lipinski definition) is 0. The van der Waals surface area contributed by atoms with Crippen molar-refractivity contribution >= 4 is 17.9 Å². The van der Waals surface area contributed by atoms with Crippen LogP contribution in [-0.4, -0.2) is 75.5 Å². The Kier molecular flexibility index (Phi) is 34.4. The fraction of sp³-hybridized carbons (Fsp3) is 0.756. The molecule has 8 nitrogen and oxygen atoms in total. The molecule has 0 aliphatic rings. The SMILES string of the molecule is CC/C=C/C=C/C=C/CCCCCCCC(=O)OCC(COCCC(C(=O)[O-])[N+](C)(C)C)OC(=O)CCCCCCC/C=C/CCCCCCCCC.